The summed E-state index contributed by atoms with van der Waals surface area (Å²) in [4.78, 5) is 47.2. The van der Waals surface area contributed by atoms with Crippen molar-refractivity contribution in [3.63, 3.8) is 0 Å². The van der Waals surface area contributed by atoms with Crippen molar-refractivity contribution >= 4 is 35.3 Å². The SMILES string of the molecule is CC(=O)Oc1cc(OC(CCc2ccc(-c3ccc(Cl)cc3)cc2)C(=O)O)c(C(C)=O)cc1OC(C)=O. The Morgan fingerprint density at radius 2 is 1.30 bits per heavy atom. The van der Waals surface area contributed by atoms with E-state index in [-0.39, 0.29) is 29.2 Å². The number of carboxylic acids is 1. The van der Waals surface area contributed by atoms with Crippen molar-refractivity contribution in [2.45, 2.75) is 39.7 Å². The van der Waals surface area contributed by atoms with Crippen LogP contribution in [-0.4, -0.2) is 34.9 Å². The Morgan fingerprint density at radius 1 is 0.784 bits per heavy atom. The van der Waals surface area contributed by atoms with Gasteiger partial charge < -0.3 is 19.3 Å². The molecule has 3 aromatic rings. The highest BCUT2D eigenvalue weighted by atomic mass is 35.5. The van der Waals surface area contributed by atoms with E-state index in [0.29, 0.717) is 11.4 Å². The molecule has 0 amide bonds. The first kappa shape index (κ1) is 27.4. The molecule has 3 rings (SSSR count). The van der Waals surface area contributed by atoms with Gasteiger partial charge in [0, 0.05) is 24.9 Å². The third-order valence-electron chi connectivity index (χ3n) is 5.30. The summed E-state index contributed by atoms with van der Waals surface area (Å²) in [5, 5.41) is 10.4. The van der Waals surface area contributed by atoms with Gasteiger partial charge in [-0.25, -0.2) is 4.79 Å². The van der Waals surface area contributed by atoms with E-state index >= 15 is 0 Å². The van der Waals surface area contributed by atoms with Gasteiger partial charge >= 0.3 is 17.9 Å². The summed E-state index contributed by atoms with van der Waals surface area (Å²) >= 11 is 5.94. The van der Waals surface area contributed by atoms with Gasteiger partial charge in [0.15, 0.2) is 23.4 Å². The highest BCUT2D eigenvalue weighted by molar-refractivity contribution is 6.30. The number of rotatable bonds is 10. The molecule has 0 aliphatic rings. The molecule has 1 atom stereocenters. The molecule has 1 unspecified atom stereocenters. The third kappa shape index (κ3) is 7.65. The topological polar surface area (TPSA) is 116 Å². The van der Waals surface area contributed by atoms with Gasteiger partial charge in [-0.05, 0) is 54.7 Å². The standard InChI is InChI=1S/C28H25ClO8/c1-16(30)23-14-26(35-17(2)31)27(36-18(3)32)15-25(23)37-24(28(33)34)13-6-19-4-7-20(8-5-19)21-9-11-22(29)12-10-21/h4-5,7-12,14-15,24H,6,13H2,1-3H3,(H,33,34). The van der Waals surface area contributed by atoms with Crippen molar-refractivity contribution < 1.29 is 38.5 Å². The van der Waals surface area contributed by atoms with Gasteiger partial charge in [0.1, 0.15) is 5.75 Å². The molecule has 0 saturated carbocycles. The highest BCUT2D eigenvalue weighted by Gasteiger charge is 2.25. The molecular formula is C28H25ClO8. The average Bonchev–Trinajstić information content (AvgIpc) is 2.83. The molecule has 37 heavy (non-hydrogen) atoms. The van der Waals surface area contributed by atoms with Gasteiger partial charge in [-0.15, -0.1) is 0 Å². The van der Waals surface area contributed by atoms with Crippen molar-refractivity contribution in [1.29, 1.82) is 0 Å². The van der Waals surface area contributed by atoms with Gasteiger partial charge in [-0.1, -0.05) is 48.0 Å². The fourth-order valence-electron chi connectivity index (χ4n) is 3.57. The van der Waals surface area contributed by atoms with Crippen LogP contribution in [-0.2, 0) is 20.8 Å². The van der Waals surface area contributed by atoms with E-state index in [1.54, 1.807) is 12.1 Å². The van der Waals surface area contributed by atoms with E-state index in [4.69, 9.17) is 25.8 Å². The van der Waals surface area contributed by atoms with Crippen LogP contribution in [0.15, 0.2) is 60.7 Å². The molecule has 0 spiro atoms. The first-order valence-electron chi connectivity index (χ1n) is 11.3. The summed E-state index contributed by atoms with van der Waals surface area (Å²) in [6.07, 6.45) is -0.823. The molecule has 8 nitrogen and oxygen atoms in total. The van der Waals surface area contributed by atoms with E-state index in [2.05, 4.69) is 0 Å². The number of hydrogen-bond donors (Lipinski definition) is 1. The number of aryl methyl sites for hydroxylation is 1. The van der Waals surface area contributed by atoms with Crippen molar-refractivity contribution in [3.05, 3.63) is 76.8 Å². The van der Waals surface area contributed by atoms with Crippen molar-refractivity contribution in [2.24, 2.45) is 0 Å². The van der Waals surface area contributed by atoms with Crippen molar-refractivity contribution in [2.75, 3.05) is 0 Å². The van der Waals surface area contributed by atoms with Gasteiger partial charge in [0.2, 0.25) is 0 Å². The Morgan fingerprint density at radius 3 is 1.78 bits per heavy atom. The second-order valence-electron chi connectivity index (χ2n) is 8.23. The number of hydrogen-bond acceptors (Lipinski definition) is 7. The zero-order chi connectivity index (χ0) is 27.1. The minimum atomic E-state index is -1.31. The second-order valence-corrected chi connectivity index (χ2v) is 8.66. The molecule has 0 aliphatic carbocycles. The first-order chi connectivity index (χ1) is 17.5. The summed E-state index contributed by atoms with van der Waals surface area (Å²) in [7, 11) is 0. The normalized spacial score (nSPS) is 11.4. The van der Waals surface area contributed by atoms with Crippen LogP contribution in [0.2, 0.25) is 5.02 Å². The molecule has 0 aliphatic heterocycles. The highest BCUT2D eigenvalue weighted by Crippen LogP contribution is 2.36. The Kier molecular flexibility index (Phi) is 9.03. The van der Waals surface area contributed by atoms with Crippen molar-refractivity contribution in [1.82, 2.24) is 0 Å². The number of carbonyl (C=O) groups is 4. The lowest BCUT2D eigenvalue weighted by Gasteiger charge is -2.19. The lowest BCUT2D eigenvalue weighted by Crippen LogP contribution is -2.28. The molecule has 9 heteroatoms. The van der Waals surface area contributed by atoms with E-state index in [9.17, 15) is 24.3 Å². The zero-order valence-electron chi connectivity index (χ0n) is 20.4. The smallest absolute Gasteiger partial charge is 0.344 e. The molecule has 0 heterocycles. The fourth-order valence-corrected chi connectivity index (χ4v) is 3.70. The largest absolute Gasteiger partial charge is 0.479 e. The number of benzene rings is 3. The molecule has 0 radical (unpaired) electrons. The minimum absolute atomic E-state index is 0.0225. The monoisotopic (exact) mass is 524 g/mol. The Balaban J connectivity index is 1.81. The Hall–Kier alpha value is -4.17. The molecular weight excluding hydrogens is 500 g/mol. The van der Waals surface area contributed by atoms with E-state index in [1.165, 1.54) is 19.1 Å². The van der Waals surface area contributed by atoms with Gasteiger partial charge in [-0.2, -0.15) is 0 Å². The summed E-state index contributed by atoms with van der Waals surface area (Å²) < 4.78 is 15.8. The zero-order valence-corrected chi connectivity index (χ0v) is 21.2. The fraction of sp³-hybridized carbons (Fsp3) is 0.214. The summed E-state index contributed by atoms with van der Waals surface area (Å²) in [6.45, 7) is 3.55. The lowest BCUT2D eigenvalue weighted by atomic mass is 10.0. The van der Waals surface area contributed by atoms with E-state index in [0.717, 1.165) is 30.5 Å². The van der Waals surface area contributed by atoms with Crippen LogP contribution in [0.5, 0.6) is 17.2 Å². The predicted octanol–water partition coefficient (Wildman–Crippen LogP) is 5.53. The predicted molar refractivity (Wildman–Crippen MR) is 136 cm³/mol. The number of ether oxygens (including phenoxy) is 3. The molecule has 1 N–H and O–H groups in total. The van der Waals surface area contributed by atoms with Crippen LogP contribution in [0.4, 0.5) is 0 Å². The number of ketones is 1. The molecule has 0 bridgehead atoms. The number of carbonyl (C=O) groups excluding carboxylic acids is 3. The van der Waals surface area contributed by atoms with Crippen LogP contribution in [0, 0.1) is 0 Å². The summed E-state index contributed by atoms with van der Waals surface area (Å²) in [6, 6.07) is 17.5. The molecule has 192 valence electrons. The minimum Gasteiger partial charge on any atom is -0.479 e. The Labute approximate surface area is 218 Å². The van der Waals surface area contributed by atoms with Crippen LogP contribution in [0.25, 0.3) is 11.1 Å². The average molecular weight is 525 g/mol. The second kappa shape index (κ2) is 12.2. The van der Waals surface area contributed by atoms with Gasteiger partial charge in [0.05, 0.1) is 5.56 Å². The maximum Gasteiger partial charge on any atom is 0.344 e. The number of aliphatic carboxylic acids is 1. The van der Waals surface area contributed by atoms with Crippen LogP contribution < -0.4 is 14.2 Å². The first-order valence-corrected chi connectivity index (χ1v) is 11.7. The van der Waals surface area contributed by atoms with Crippen molar-refractivity contribution in [3.8, 4) is 28.4 Å². The molecule has 0 fully saturated rings. The number of Topliss-reactive ketones (excluding diaryl/α,β-unsaturated/α-hetero) is 1. The van der Waals surface area contributed by atoms with Gasteiger partial charge in [-0.3, -0.25) is 14.4 Å². The lowest BCUT2D eigenvalue weighted by molar-refractivity contribution is -0.145. The van der Waals surface area contributed by atoms with E-state index in [1.807, 2.05) is 36.4 Å². The number of carboxylic acid groups (broad SMARTS) is 1. The summed E-state index contributed by atoms with van der Waals surface area (Å²) in [5.74, 6) is -3.53. The van der Waals surface area contributed by atoms with Crippen LogP contribution in [0.3, 0.4) is 0 Å². The number of halogens is 1. The molecule has 0 saturated heterocycles. The quantitative estimate of drug-likeness (QED) is 0.209. The molecule has 3 aromatic carbocycles. The Bertz CT molecular complexity index is 1310. The maximum absolute atomic E-state index is 12.3. The molecule has 0 aromatic heterocycles. The maximum atomic E-state index is 12.3. The van der Waals surface area contributed by atoms with Crippen LogP contribution in [0.1, 0.15) is 43.1 Å². The van der Waals surface area contributed by atoms with E-state index < -0.39 is 29.8 Å². The van der Waals surface area contributed by atoms with Crippen LogP contribution >= 0.6 is 11.6 Å². The summed E-state index contributed by atoms with van der Waals surface area (Å²) in [5.41, 5.74) is 2.86. The third-order valence-corrected chi connectivity index (χ3v) is 5.56. The number of esters is 2. The van der Waals surface area contributed by atoms with Gasteiger partial charge in [0.25, 0.3) is 0 Å².